The number of halogens is 1. The van der Waals surface area contributed by atoms with Gasteiger partial charge in [0.25, 0.3) is 0 Å². The van der Waals surface area contributed by atoms with Crippen molar-refractivity contribution >= 4 is 23.9 Å². The van der Waals surface area contributed by atoms with Crippen LogP contribution >= 0.6 is 11.6 Å². The summed E-state index contributed by atoms with van der Waals surface area (Å²) in [5, 5.41) is 6.57. The molecule has 0 saturated carbocycles. The quantitative estimate of drug-likeness (QED) is 0.665. The fourth-order valence-corrected chi connectivity index (χ4v) is 1.21. The molecule has 92 valence electrons. The highest BCUT2D eigenvalue weighted by Gasteiger charge is 2.07. The van der Waals surface area contributed by atoms with E-state index in [0.29, 0.717) is 22.9 Å². The van der Waals surface area contributed by atoms with Crippen LogP contribution in [0.5, 0.6) is 5.75 Å². The molecular formula is C11H13ClN2O3. The van der Waals surface area contributed by atoms with Crippen molar-refractivity contribution in [1.29, 1.82) is 0 Å². The van der Waals surface area contributed by atoms with Crippen molar-refractivity contribution in [2.75, 3.05) is 13.7 Å². The van der Waals surface area contributed by atoms with E-state index < -0.39 is 6.09 Å². The van der Waals surface area contributed by atoms with Gasteiger partial charge in [0.15, 0.2) is 0 Å². The van der Waals surface area contributed by atoms with Crippen LogP contribution in [0, 0.1) is 0 Å². The lowest BCUT2D eigenvalue weighted by Gasteiger charge is -2.06. The zero-order chi connectivity index (χ0) is 12.7. The van der Waals surface area contributed by atoms with E-state index in [2.05, 4.69) is 10.5 Å². The minimum atomic E-state index is -0.557. The van der Waals surface area contributed by atoms with Crippen LogP contribution < -0.4 is 10.1 Å². The number of ether oxygens (including phenoxy) is 1. The Balaban J connectivity index is 2.91. The maximum Gasteiger partial charge on any atom is 0.412 e. The zero-order valence-electron chi connectivity index (χ0n) is 9.57. The van der Waals surface area contributed by atoms with Crippen molar-refractivity contribution in [1.82, 2.24) is 5.32 Å². The van der Waals surface area contributed by atoms with Crippen LogP contribution in [0.4, 0.5) is 4.79 Å². The molecule has 1 N–H and O–H groups in total. The van der Waals surface area contributed by atoms with Crippen LogP contribution in [0.3, 0.4) is 0 Å². The Morgan fingerprint density at radius 3 is 3.00 bits per heavy atom. The maximum atomic E-state index is 11.1. The molecule has 0 saturated heterocycles. The fraction of sp³-hybridized carbons (Fsp3) is 0.273. The van der Waals surface area contributed by atoms with Gasteiger partial charge in [-0.2, -0.15) is 0 Å². The van der Waals surface area contributed by atoms with Crippen LogP contribution in [-0.2, 0) is 4.84 Å². The molecule has 0 spiro atoms. The van der Waals surface area contributed by atoms with Gasteiger partial charge in [-0.15, -0.1) is 0 Å². The van der Waals surface area contributed by atoms with E-state index in [0.717, 1.165) is 0 Å². The standard InChI is InChI=1S/C11H13ClN2O3/c1-3-16-14-7-8-6-9(12)4-5-10(8)17-11(15)13-2/h4-7H,3H2,1-2H3,(H,13,15). The van der Waals surface area contributed by atoms with E-state index >= 15 is 0 Å². The van der Waals surface area contributed by atoms with Gasteiger partial charge in [-0.3, -0.25) is 0 Å². The largest absolute Gasteiger partial charge is 0.412 e. The van der Waals surface area contributed by atoms with Crippen LogP contribution in [0.1, 0.15) is 12.5 Å². The molecule has 0 aliphatic carbocycles. The van der Waals surface area contributed by atoms with Gasteiger partial charge in [0.2, 0.25) is 0 Å². The zero-order valence-corrected chi connectivity index (χ0v) is 10.3. The Labute approximate surface area is 104 Å². The number of carbonyl (C=O) groups excluding carboxylic acids is 1. The number of amides is 1. The molecule has 0 bridgehead atoms. The highest BCUT2D eigenvalue weighted by atomic mass is 35.5. The molecular weight excluding hydrogens is 244 g/mol. The molecule has 6 heteroatoms. The third-order valence-electron chi connectivity index (χ3n) is 1.77. The molecule has 1 aromatic rings. The van der Waals surface area contributed by atoms with Crippen LogP contribution in [0.15, 0.2) is 23.4 Å². The molecule has 0 radical (unpaired) electrons. The van der Waals surface area contributed by atoms with Crippen molar-refractivity contribution in [2.45, 2.75) is 6.92 Å². The highest BCUT2D eigenvalue weighted by molar-refractivity contribution is 6.30. The molecule has 0 unspecified atom stereocenters. The van der Waals surface area contributed by atoms with Crippen molar-refractivity contribution < 1.29 is 14.4 Å². The normalized spacial score (nSPS) is 10.3. The molecule has 17 heavy (non-hydrogen) atoms. The van der Waals surface area contributed by atoms with Gasteiger partial charge in [-0.1, -0.05) is 16.8 Å². The first-order valence-corrected chi connectivity index (χ1v) is 5.39. The highest BCUT2D eigenvalue weighted by Crippen LogP contribution is 2.21. The minimum Gasteiger partial charge on any atom is -0.410 e. The summed E-state index contributed by atoms with van der Waals surface area (Å²) in [6, 6.07) is 4.84. The summed E-state index contributed by atoms with van der Waals surface area (Å²) in [4.78, 5) is 15.9. The maximum absolute atomic E-state index is 11.1. The van der Waals surface area contributed by atoms with Gasteiger partial charge in [0, 0.05) is 17.6 Å². The van der Waals surface area contributed by atoms with Gasteiger partial charge in [-0.25, -0.2) is 4.79 Å². The first-order valence-electron chi connectivity index (χ1n) is 5.01. The summed E-state index contributed by atoms with van der Waals surface area (Å²) in [5.41, 5.74) is 0.564. The first kappa shape index (κ1) is 13.3. The third kappa shape index (κ3) is 4.32. The van der Waals surface area contributed by atoms with Crippen molar-refractivity contribution in [3.8, 4) is 5.75 Å². The van der Waals surface area contributed by atoms with Crippen LogP contribution in [0.25, 0.3) is 0 Å². The topological polar surface area (TPSA) is 59.9 Å². The van der Waals surface area contributed by atoms with E-state index in [9.17, 15) is 4.79 Å². The lowest BCUT2D eigenvalue weighted by molar-refractivity contribution is 0.160. The SMILES string of the molecule is CCON=Cc1cc(Cl)ccc1OC(=O)NC. The molecule has 1 amide bonds. The molecule has 0 aromatic heterocycles. The summed E-state index contributed by atoms with van der Waals surface area (Å²) in [7, 11) is 1.48. The summed E-state index contributed by atoms with van der Waals surface area (Å²) in [5.74, 6) is 0.359. The van der Waals surface area contributed by atoms with E-state index in [1.54, 1.807) is 18.2 Å². The molecule has 0 aliphatic rings. The smallest absolute Gasteiger partial charge is 0.410 e. The summed E-state index contributed by atoms with van der Waals surface area (Å²) >= 11 is 5.84. The average molecular weight is 257 g/mol. The van der Waals surface area contributed by atoms with E-state index in [-0.39, 0.29) is 0 Å². The van der Waals surface area contributed by atoms with Crippen molar-refractivity contribution in [3.05, 3.63) is 28.8 Å². The van der Waals surface area contributed by atoms with Gasteiger partial charge in [0.05, 0.1) is 6.21 Å². The Morgan fingerprint density at radius 1 is 1.59 bits per heavy atom. The van der Waals surface area contributed by atoms with Gasteiger partial charge in [-0.05, 0) is 25.1 Å². The summed E-state index contributed by atoms with van der Waals surface area (Å²) < 4.78 is 5.02. The molecule has 0 aliphatic heterocycles. The monoisotopic (exact) mass is 256 g/mol. The number of nitrogens with zero attached hydrogens (tertiary/aromatic N) is 1. The Bertz CT molecular complexity index is 421. The Morgan fingerprint density at radius 2 is 2.35 bits per heavy atom. The lowest BCUT2D eigenvalue weighted by atomic mass is 10.2. The molecule has 1 rings (SSSR count). The van der Waals surface area contributed by atoms with Crippen molar-refractivity contribution in [3.63, 3.8) is 0 Å². The Kier molecular flexibility index (Phi) is 5.29. The van der Waals surface area contributed by atoms with Crippen LogP contribution in [0.2, 0.25) is 5.02 Å². The molecule has 0 heterocycles. The molecule has 0 atom stereocenters. The summed E-state index contributed by atoms with van der Waals surface area (Å²) in [6.45, 7) is 2.28. The predicted octanol–water partition coefficient (Wildman–Crippen LogP) is 2.43. The van der Waals surface area contributed by atoms with Gasteiger partial charge >= 0.3 is 6.09 Å². The second kappa shape index (κ2) is 6.75. The van der Waals surface area contributed by atoms with Gasteiger partial charge in [0.1, 0.15) is 12.4 Å². The Hall–Kier alpha value is -1.75. The van der Waals surface area contributed by atoms with Crippen molar-refractivity contribution in [2.24, 2.45) is 5.16 Å². The number of carbonyl (C=O) groups is 1. The van der Waals surface area contributed by atoms with E-state index in [1.807, 2.05) is 6.92 Å². The number of benzene rings is 1. The number of nitrogens with one attached hydrogen (secondary N) is 1. The summed E-state index contributed by atoms with van der Waals surface area (Å²) in [6.07, 6.45) is 0.881. The number of hydrogen-bond acceptors (Lipinski definition) is 4. The minimum absolute atomic E-state index is 0.359. The van der Waals surface area contributed by atoms with Gasteiger partial charge < -0.3 is 14.9 Å². The number of oxime groups is 1. The lowest BCUT2D eigenvalue weighted by Crippen LogP contribution is -2.22. The van der Waals surface area contributed by atoms with Crippen LogP contribution in [-0.4, -0.2) is 26.0 Å². The van der Waals surface area contributed by atoms with E-state index in [1.165, 1.54) is 13.3 Å². The van der Waals surface area contributed by atoms with E-state index in [4.69, 9.17) is 21.2 Å². The first-order chi connectivity index (χ1) is 8.17. The number of hydrogen-bond donors (Lipinski definition) is 1. The number of rotatable bonds is 4. The third-order valence-corrected chi connectivity index (χ3v) is 2.01. The average Bonchev–Trinajstić information content (AvgIpc) is 2.32. The predicted molar refractivity (Wildman–Crippen MR) is 65.8 cm³/mol. The second-order valence-electron chi connectivity index (χ2n) is 2.97. The molecule has 0 fully saturated rings. The fourth-order valence-electron chi connectivity index (χ4n) is 1.03. The molecule has 1 aromatic carbocycles. The molecule has 5 nitrogen and oxygen atoms in total. The second-order valence-corrected chi connectivity index (χ2v) is 3.41.